The minimum Gasteiger partial charge on any atom is -0.493 e. The average Bonchev–Trinajstić information content (AvgIpc) is 2.68. The number of nitrogens with one attached hydrogen (secondary N) is 1. The lowest BCUT2D eigenvalue weighted by molar-refractivity contribution is -0.159. The van der Waals surface area contributed by atoms with E-state index in [1.54, 1.807) is 14.0 Å². The molecular weight excluding hydrogens is 456 g/mol. The molecule has 2 aliphatic rings. The van der Waals surface area contributed by atoms with Gasteiger partial charge in [0.05, 0.1) is 19.8 Å². The van der Waals surface area contributed by atoms with Crippen molar-refractivity contribution in [2.45, 2.75) is 25.6 Å². The summed E-state index contributed by atoms with van der Waals surface area (Å²) in [7, 11) is 1.60. The number of hydrogen-bond donors (Lipinski definition) is 1. The number of fused-ring (bicyclic) bond motifs is 4. The Kier molecular flexibility index (Phi) is 5.16. The third-order valence-corrected chi connectivity index (χ3v) is 6.16. The summed E-state index contributed by atoms with van der Waals surface area (Å²) in [4.78, 5) is 14.9. The Balaban J connectivity index is 1.91. The highest BCUT2D eigenvalue weighted by molar-refractivity contribution is 9.10. The van der Waals surface area contributed by atoms with Gasteiger partial charge in [-0.15, -0.1) is 0 Å². The van der Waals surface area contributed by atoms with Crippen LogP contribution in [0.2, 0.25) is 0 Å². The first-order valence-electron chi connectivity index (χ1n) is 9.29. The number of anilines is 1. The lowest BCUT2D eigenvalue weighted by Gasteiger charge is -2.55. The Bertz CT molecular complexity index is 968. The van der Waals surface area contributed by atoms with E-state index in [-0.39, 0.29) is 12.6 Å². The van der Waals surface area contributed by atoms with Crippen LogP contribution in [-0.2, 0) is 9.53 Å². The molecule has 0 spiro atoms. The van der Waals surface area contributed by atoms with Crippen LogP contribution in [0, 0.1) is 5.92 Å². The minimum absolute atomic E-state index is 0.284. The van der Waals surface area contributed by atoms with E-state index in [0.717, 1.165) is 15.7 Å². The molecule has 0 unspecified atom stereocenters. The van der Waals surface area contributed by atoms with Gasteiger partial charge in [-0.25, -0.2) is 0 Å². The van der Waals surface area contributed by atoms with E-state index in [1.165, 1.54) is 0 Å². The molecule has 1 N–H and O–H groups in total. The summed E-state index contributed by atoms with van der Waals surface area (Å²) in [5.74, 6) is 0.217. The number of ether oxygens (including phenoxy) is 3. The summed E-state index contributed by atoms with van der Waals surface area (Å²) in [6.07, 6.45) is 0. The topological polar surface area (TPSA) is 60.0 Å². The van der Waals surface area contributed by atoms with Gasteiger partial charge in [0, 0.05) is 15.7 Å². The second-order valence-corrected chi connectivity index (χ2v) is 8.31. The van der Waals surface area contributed by atoms with Crippen molar-refractivity contribution in [2.24, 2.45) is 5.92 Å². The molecule has 0 aliphatic carbocycles. The number of esters is 1. The molecule has 2 aromatic rings. The van der Waals surface area contributed by atoms with Crippen molar-refractivity contribution in [3.63, 3.8) is 0 Å². The molecule has 8 heteroatoms. The van der Waals surface area contributed by atoms with Crippen molar-refractivity contribution in [2.75, 3.05) is 18.6 Å². The Morgan fingerprint density at radius 1 is 1.31 bits per heavy atom. The van der Waals surface area contributed by atoms with Crippen LogP contribution in [-0.4, -0.2) is 30.5 Å². The van der Waals surface area contributed by atoms with Gasteiger partial charge < -0.3 is 19.5 Å². The van der Waals surface area contributed by atoms with E-state index in [9.17, 15) is 4.79 Å². The predicted molar refractivity (Wildman–Crippen MR) is 117 cm³/mol. The molecular formula is C21H21BrN2O4S. The summed E-state index contributed by atoms with van der Waals surface area (Å²) in [6.45, 7) is 3.94. The number of carbonyl (C=O) groups is 1. The number of hydrogen-bond acceptors (Lipinski definition) is 5. The maximum Gasteiger partial charge on any atom is 0.317 e. The fourth-order valence-electron chi connectivity index (χ4n) is 4.10. The number of benzene rings is 2. The molecule has 6 nitrogen and oxygen atoms in total. The summed E-state index contributed by atoms with van der Waals surface area (Å²) in [5.41, 5.74) is 0.520. The van der Waals surface area contributed by atoms with Crippen molar-refractivity contribution in [1.29, 1.82) is 0 Å². The standard InChI is InChI=1S/C21H21BrN2O4S/c1-4-27-19(25)16-17-14-6-5-7-15(26-3)18(14)28-21(16,2)24(20(29)23-17)13-10-8-12(22)9-11-13/h5-11,16-17H,4H2,1-3H3,(H,23,29)/t16-,17-,21+/m1/s1. The van der Waals surface area contributed by atoms with Crippen molar-refractivity contribution in [1.82, 2.24) is 5.32 Å². The average molecular weight is 477 g/mol. The summed E-state index contributed by atoms with van der Waals surface area (Å²) in [6, 6.07) is 12.9. The Morgan fingerprint density at radius 3 is 2.69 bits per heavy atom. The summed E-state index contributed by atoms with van der Waals surface area (Å²) >= 11 is 9.16. The molecule has 29 heavy (non-hydrogen) atoms. The zero-order valence-electron chi connectivity index (χ0n) is 16.3. The lowest BCUT2D eigenvalue weighted by Crippen LogP contribution is -2.71. The second kappa shape index (κ2) is 7.50. The first-order valence-corrected chi connectivity index (χ1v) is 10.5. The number of thiocarbonyl (C=S) groups is 1. The molecule has 2 aliphatic heterocycles. The van der Waals surface area contributed by atoms with Crippen molar-refractivity contribution >= 4 is 44.9 Å². The van der Waals surface area contributed by atoms with Gasteiger partial charge in [0.1, 0.15) is 5.92 Å². The van der Waals surface area contributed by atoms with Gasteiger partial charge in [-0.3, -0.25) is 9.69 Å². The molecule has 0 amide bonds. The molecule has 2 aromatic carbocycles. The van der Waals surface area contributed by atoms with Crippen LogP contribution in [0.25, 0.3) is 0 Å². The van der Waals surface area contributed by atoms with Crippen molar-refractivity contribution < 1.29 is 19.0 Å². The molecule has 3 atom stereocenters. The zero-order valence-corrected chi connectivity index (χ0v) is 18.7. The van der Waals surface area contributed by atoms with Gasteiger partial charge in [-0.05, 0) is 56.4 Å². The van der Waals surface area contributed by atoms with Crippen LogP contribution in [0.4, 0.5) is 5.69 Å². The highest BCUT2D eigenvalue weighted by atomic mass is 79.9. The van der Waals surface area contributed by atoms with Crippen LogP contribution in [0.5, 0.6) is 11.5 Å². The Labute approximate surface area is 183 Å². The molecule has 0 aromatic heterocycles. The van der Waals surface area contributed by atoms with Crippen LogP contribution in [0.1, 0.15) is 25.5 Å². The Hall–Kier alpha value is -2.32. The van der Waals surface area contributed by atoms with Gasteiger partial charge in [0.15, 0.2) is 16.6 Å². The largest absolute Gasteiger partial charge is 0.493 e. The SMILES string of the molecule is CCOC(=O)[C@H]1[C@@H]2NC(=S)N(c3ccc(Br)cc3)[C@@]1(C)Oc1c(OC)cccc12. The zero-order chi connectivity index (χ0) is 20.8. The van der Waals surface area contributed by atoms with E-state index in [1.807, 2.05) is 54.3 Å². The van der Waals surface area contributed by atoms with E-state index in [0.29, 0.717) is 16.6 Å². The maximum absolute atomic E-state index is 13.1. The molecule has 0 saturated carbocycles. The second-order valence-electron chi connectivity index (χ2n) is 7.00. The highest BCUT2D eigenvalue weighted by Crippen LogP contribution is 2.52. The van der Waals surface area contributed by atoms with Gasteiger partial charge in [0.2, 0.25) is 5.72 Å². The fraction of sp³-hybridized carbons (Fsp3) is 0.333. The van der Waals surface area contributed by atoms with Gasteiger partial charge >= 0.3 is 5.97 Å². The number of para-hydroxylation sites is 1. The van der Waals surface area contributed by atoms with Crippen molar-refractivity contribution in [3.8, 4) is 11.5 Å². The number of methoxy groups -OCH3 is 1. The smallest absolute Gasteiger partial charge is 0.317 e. The van der Waals surface area contributed by atoms with E-state index in [4.69, 9.17) is 26.4 Å². The number of nitrogens with zero attached hydrogens (tertiary/aromatic N) is 1. The maximum atomic E-state index is 13.1. The van der Waals surface area contributed by atoms with E-state index in [2.05, 4.69) is 21.2 Å². The van der Waals surface area contributed by atoms with Crippen LogP contribution < -0.4 is 19.7 Å². The van der Waals surface area contributed by atoms with Crippen LogP contribution in [0.15, 0.2) is 46.9 Å². The lowest BCUT2D eigenvalue weighted by atomic mass is 9.79. The van der Waals surface area contributed by atoms with Gasteiger partial charge in [0.25, 0.3) is 0 Å². The van der Waals surface area contributed by atoms with Crippen LogP contribution in [0.3, 0.4) is 0 Å². The third kappa shape index (κ3) is 3.14. The van der Waals surface area contributed by atoms with Crippen LogP contribution >= 0.6 is 28.1 Å². The summed E-state index contributed by atoms with van der Waals surface area (Å²) in [5, 5.41) is 3.82. The molecule has 2 bridgehead atoms. The minimum atomic E-state index is -1.10. The first-order chi connectivity index (χ1) is 13.9. The molecule has 0 radical (unpaired) electrons. The molecule has 152 valence electrons. The first kappa shape index (κ1) is 20.0. The van der Waals surface area contributed by atoms with E-state index < -0.39 is 17.7 Å². The molecule has 4 rings (SSSR count). The molecule has 1 fully saturated rings. The number of halogens is 1. The summed E-state index contributed by atoms with van der Waals surface area (Å²) < 4.78 is 18.4. The number of rotatable bonds is 4. The van der Waals surface area contributed by atoms with Crippen molar-refractivity contribution in [3.05, 3.63) is 52.5 Å². The highest BCUT2D eigenvalue weighted by Gasteiger charge is 2.60. The number of carbonyl (C=O) groups excluding carboxylic acids is 1. The molecule has 2 heterocycles. The van der Waals surface area contributed by atoms with Gasteiger partial charge in [-0.1, -0.05) is 28.1 Å². The fourth-order valence-corrected chi connectivity index (χ4v) is 4.78. The van der Waals surface area contributed by atoms with E-state index >= 15 is 0 Å². The third-order valence-electron chi connectivity index (χ3n) is 5.33. The molecule has 1 saturated heterocycles. The predicted octanol–water partition coefficient (Wildman–Crippen LogP) is 4.18. The quantitative estimate of drug-likeness (QED) is 0.524. The Morgan fingerprint density at radius 2 is 2.03 bits per heavy atom. The monoisotopic (exact) mass is 476 g/mol. The normalized spacial score (nSPS) is 24.8. The van der Waals surface area contributed by atoms with Gasteiger partial charge in [-0.2, -0.15) is 0 Å².